The van der Waals surface area contributed by atoms with Gasteiger partial charge in [-0.3, -0.25) is 4.72 Å². The summed E-state index contributed by atoms with van der Waals surface area (Å²) in [5.74, 6) is -0.267. The van der Waals surface area contributed by atoms with Gasteiger partial charge >= 0.3 is 0 Å². The number of para-hydroxylation sites is 1. The molecular weight excluding hydrogens is 312 g/mol. The third kappa shape index (κ3) is 3.17. The van der Waals surface area contributed by atoms with E-state index in [2.05, 4.69) is 9.88 Å². The van der Waals surface area contributed by atoms with Gasteiger partial charge in [-0.15, -0.1) is 0 Å². The highest BCUT2D eigenvalue weighted by molar-refractivity contribution is 7.91. The molecule has 0 saturated carbocycles. The highest BCUT2D eigenvalue weighted by Crippen LogP contribution is 2.21. The van der Waals surface area contributed by atoms with Crippen LogP contribution in [0.4, 0.5) is 5.69 Å². The van der Waals surface area contributed by atoms with Gasteiger partial charge in [0, 0.05) is 16.1 Å². The Morgan fingerprint density at radius 2 is 1.95 bits per heavy atom. The third-order valence-electron chi connectivity index (χ3n) is 2.88. The number of anilines is 1. The number of benzene rings is 2. The van der Waals surface area contributed by atoms with Crippen molar-refractivity contribution >= 4 is 38.3 Å². The van der Waals surface area contributed by atoms with Crippen molar-refractivity contribution in [1.29, 1.82) is 0 Å². The smallest absolute Gasteiger partial charge is 0.238 e. The molecule has 0 aliphatic heterocycles. The Bertz CT molecular complexity index is 890. The van der Waals surface area contributed by atoms with Gasteiger partial charge in [0.2, 0.25) is 10.0 Å². The minimum atomic E-state index is -3.60. The molecule has 108 valence electrons. The maximum Gasteiger partial charge on any atom is 0.238 e. The van der Waals surface area contributed by atoms with E-state index < -0.39 is 10.0 Å². The number of sulfonamides is 1. The van der Waals surface area contributed by atoms with Crippen LogP contribution in [0, 0.1) is 0 Å². The Labute approximate surface area is 126 Å². The number of nitrogens with zero attached hydrogens (tertiary/aromatic N) is 1. The summed E-state index contributed by atoms with van der Waals surface area (Å²) in [4.78, 5) is 0. The lowest BCUT2D eigenvalue weighted by atomic mass is 10.2. The van der Waals surface area contributed by atoms with E-state index in [9.17, 15) is 8.42 Å². The minimum absolute atomic E-state index is 0.267. The maximum absolute atomic E-state index is 12.2. The van der Waals surface area contributed by atoms with E-state index in [1.807, 2.05) is 0 Å². The molecule has 0 unspecified atom stereocenters. The van der Waals surface area contributed by atoms with Crippen molar-refractivity contribution in [3.63, 3.8) is 0 Å². The van der Waals surface area contributed by atoms with E-state index in [1.165, 1.54) is 0 Å². The molecule has 0 aliphatic carbocycles. The predicted octanol–water partition coefficient (Wildman–Crippen LogP) is 3.42. The number of fused-ring (bicyclic) bond motifs is 1. The van der Waals surface area contributed by atoms with Gasteiger partial charge in [0.05, 0.1) is 0 Å². The molecule has 1 N–H and O–H groups in total. The summed E-state index contributed by atoms with van der Waals surface area (Å²) in [5.41, 5.74) is 1.35. The predicted molar refractivity (Wildman–Crippen MR) is 81.7 cm³/mol. The first-order chi connectivity index (χ1) is 10.0. The zero-order valence-corrected chi connectivity index (χ0v) is 12.4. The van der Waals surface area contributed by atoms with Crippen LogP contribution in [0.3, 0.4) is 0 Å². The molecule has 0 radical (unpaired) electrons. The Morgan fingerprint density at radius 1 is 1.14 bits per heavy atom. The van der Waals surface area contributed by atoms with Crippen molar-refractivity contribution < 1.29 is 12.9 Å². The molecule has 0 bridgehead atoms. The summed E-state index contributed by atoms with van der Waals surface area (Å²) < 4.78 is 31.9. The van der Waals surface area contributed by atoms with Crippen molar-refractivity contribution in [2.45, 2.75) is 5.75 Å². The van der Waals surface area contributed by atoms with Gasteiger partial charge < -0.3 is 4.52 Å². The van der Waals surface area contributed by atoms with Gasteiger partial charge in [-0.2, -0.15) is 0 Å². The summed E-state index contributed by atoms with van der Waals surface area (Å²) in [5, 5.41) is 4.97. The van der Waals surface area contributed by atoms with E-state index in [0.29, 0.717) is 27.4 Å². The molecule has 0 spiro atoms. The molecule has 2 aromatic carbocycles. The van der Waals surface area contributed by atoms with E-state index in [-0.39, 0.29) is 5.75 Å². The summed E-state index contributed by atoms with van der Waals surface area (Å²) in [6.07, 6.45) is 0. The number of rotatable bonds is 4. The van der Waals surface area contributed by atoms with Gasteiger partial charge in [0.15, 0.2) is 5.58 Å². The van der Waals surface area contributed by atoms with Crippen LogP contribution in [0.5, 0.6) is 0 Å². The van der Waals surface area contributed by atoms with Crippen LogP contribution in [0.15, 0.2) is 53.1 Å². The van der Waals surface area contributed by atoms with Crippen LogP contribution >= 0.6 is 11.6 Å². The highest BCUT2D eigenvalue weighted by atomic mass is 35.5. The fourth-order valence-electron chi connectivity index (χ4n) is 1.99. The van der Waals surface area contributed by atoms with Crippen molar-refractivity contribution in [3.8, 4) is 0 Å². The molecule has 1 aromatic heterocycles. The van der Waals surface area contributed by atoms with Crippen LogP contribution in [0.25, 0.3) is 11.0 Å². The van der Waals surface area contributed by atoms with E-state index in [0.717, 1.165) is 0 Å². The first kappa shape index (κ1) is 13.9. The Balaban J connectivity index is 1.86. The molecule has 3 aromatic rings. The molecule has 0 saturated heterocycles. The Kier molecular flexibility index (Phi) is 3.57. The SMILES string of the molecule is O=S(=O)(Cc1noc2ccccc12)Nc1cccc(Cl)c1. The van der Waals surface area contributed by atoms with E-state index >= 15 is 0 Å². The van der Waals surface area contributed by atoms with Crippen molar-refractivity contribution in [1.82, 2.24) is 5.16 Å². The Morgan fingerprint density at radius 3 is 2.76 bits per heavy atom. The van der Waals surface area contributed by atoms with Crippen molar-refractivity contribution in [2.24, 2.45) is 0 Å². The third-order valence-corrected chi connectivity index (χ3v) is 4.31. The lowest BCUT2D eigenvalue weighted by molar-refractivity contribution is 0.448. The van der Waals surface area contributed by atoms with E-state index in [1.54, 1.807) is 48.5 Å². The summed E-state index contributed by atoms with van der Waals surface area (Å²) in [6.45, 7) is 0. The van der Waals surface area contributed by atoms with E-state index in [4.69, 9.17) is 16.1 Å². The number of halogens is 1. The van der Waals surface area contributed by atoms with Crippen LogP contribution in [0.1, 0.15) is 5.69 Å². The highest BCUT2D eigenvalue weighted by Gasteiger charge is 2.17. The zero-order valence-electron chi connectivity index (χ0n) is 10.8. The summed E-state index contributed by atoms with van der Waals surface area (Å²) >= 11 is 5.83. The first-order valence-electron chi connectivity index (χ1n) is 6.13. The normalized spacial score (nSPS) is 11.7. The number of aromatic nitrogens is 1. The molecule has 7 heteroatoms. The fourth-order valence-corrected chi connectivity index (χ4v) is 3.31. The zero-order chi connectivity index (χ0) is 14.9. The lowest BCUT2D eigenvalue weighted by Crippen LogP contribution is -2.15. The van der Waals surface area contributed by atoms with Gasteiger partial charge in [-0.25, -0.2) is 8.42 Å². The molecule has 3 rings (SSSR count). The fraction of sp³-hybridized carbons (Fsp3) is 0.0714. The molecule has 0 atom stereocenters. The van der Waals surface area contributed by atoms with Crippen LogP contribution in [-0.4, -0.2) is 13.6 Å². The first-order valence-corrected chi connectivity index (χ1v) is 8.16. The second kappa shape index (κ2) is 5.38. The molecule has 0 aliphatic rings. The average Bonchev–Trinajstić information content (AvgIpc) is 2.81. The molecule has 5 nitrogen and oxygen atoms in total. The van der Waals surface area contributed by atoms with Crippen molar-refractivity contribution in [3.05, 3.63) is 59.2 Å². The second-order valence-electron chi connectivity index (χ2n) is 4.50. The van der Waals surface area contributed by atoms with Crippen LogP contribution in [-0.2, 0) is 15.8 Å². The topological polar surface area (TPSA) is 72.2 Å². The van der Waals surface area contributed by atoms with Gasteiger partial charge in [-0.1, -0.05) is 35.0 Å². The maximum atomic E-state index is 12.2. The lowest BCUT2D eigenvalue weighted by Gasteiger charge is -2.06. The Hall–Kier alpha value is -2.05. The molecule has 21 heavy (non-hydrogen) atoms. The van der Waals surface area contributed by atoms with Gasteiger partial charge in [0.25, 0.3) is 0 Å². The number of hydrogen-bond donors (Lipinski definition) is 1. The molecule has 0 amide bonds. The second-order valence-corrected chi connectivity index (χ2v) is 6.66. The van der Waals surface area contributed by atoms with Gasteiger partial charge in [-0.05, 0) is 30.3 Å². The van der Waals surface area contributed by atoms with Gasteiger partial charge in [0.1, 0.15) is 11.4 Å². The quantitative estimate of drug-likeness (QED) is 0.798. The monoisotopic (exact) mass is 322 g/mol. The standard InChI is InChI=1S/C14H11ClN2O3S/c15-10-4-3-5-11(8-10)17-21(18,19)9-13-12-6-1-2-7-14(12)20-16-13/h1-8,17H,9H2. The molecular formula is C14H11ClN2O3S. The van der Waals surface area contributed by atoms with Crippen LogP contribution < -0.4 is 4.72 Å². The number of hydrogen-bond acceptors (Lipinski definition) is 4. The molecule has 0 fully saturated rings. The average molecular weight is 323 g/mol. The number of nitrogens with one attached hydrogen (secondary N) is 1. The van der Waals surface area contributed by atoms with Crippen molar-refractivity contribution in [2.75, 3.05) is 4.72 Å². The summed E-state index contributed by atoms with van der Waals surface area (Å²) in [6, 6.07) is 13.6. The van der Waals surface area contributed by atoms with Crippen LogP contribution in [0.2, 0.25) is 5.02 Å². The molecule has 1 heterocycles. The minimum Gasteiger partial charge on any atom is -0.356 e. The largest absolute Gasteiger partial charge is 0.356 e. The summed E-state index contributed by atoms with van der Waals surface area (Å²) in [7, 11) is -3.60.